The predicted octanol–water partition coefficient (Wildman–Crippen LogP) is 2.54. The van der Waals surface area contributed by atoms with Crippen LogP contribution in [0.1, 0.15) is 60.8 Å². The average Bonchev–Trinajstić information content (AvgIpc) is 3.05. The molecule has 0 unspecified atom stereocenters. The maximum Gasteiger partial charge on any atom is 0.253 e. The second kappa shape index (κ2) is 7.58. The number of hydrogen-bond acceptors (Lipinski definition) is 4. The van der Waals surface area contributed by atoms with E-state index in [4.69, 9.17) is 0 Å². The molecule has 1 amide bonds. The van der Waals surface area contributed by atoms with Crippen molar-refractivity contribution in [2.45, 2.75) is 51.0 Å². The summed E-state index contributed by atoms with van der Waals surface area (Å²) >= 11 is 0. The lowest BCUT2D eigenvalue weighted by atomic mass is 9.95. The van der Waals surface area contributed by atoms with Gasteiger partial charge >= 0.3 is 0 Å². The first-order valence-electron chi connectivity index (χ1n) is 9.28. The molecule has 1 aromatic carbocycles. The smallest absolute Gasteiger partial charge is 0.253 e. The van der Waals surface area contributed by atoms with Gasteiger partial charge in [0.05, 0.1) is 5.60 Å². The van der Waals surface area contributed by atoms with Crippen LogP contribution in [0.3, 0.4) is 0 Å². The molecule has 140 valence electrons. The van der Waals surface area contributed by atoms with Gasteiger partial charge in [0, 0.05) is 31.6 Å². The van der Waals surface area contributed by atoms with Crippen molar-refractivity contribution in [2.24, 2.45) is 7.05 Å². The highest BCUT2D eigenvalue weighted by atomic mass is 16.3. The summed E-state index contributed by atoms with van der Waals surface area (Å²) in [6.07, 6.45) is 4.99. The molecule has 6 heteroatoms. The fraction of sp³-hybridized carbons (Fsp3) is 0.550. The summed E-state index contributed by atoms with van der Waals surface area (Å²) in [6, 6.07) is 7.79. The number of aromatic nitrogens is 3. The molecule has 6 nitrogen and oxygen atoms in total. The SMILES string of the molecule is Cn1cnnc1C1CCN(C(=O)c2cccc(CCC(C)(C)O)c2)CC1. The lowest BCUT2D eigenvalue weighted by molar-refractivity contribution is 0.0710. The van der Waals surface area contributed by atoms with Gasteiger partial charge in [-0.15, -0.1) is 10.2 Å². The van der Waals surface area contributed by atoms with Crippen LogP contribution in [0.15, 0.2) is 30.6 Å². The molecule has 0 atom stereocenters. The van der Waals surface area contributed by atoms with Crippen molar-refractivity contribution in [3.8, 4) is 0 Å². The van der Waals surface area contributed by atoms with E-state index in [0.29, 0.717) is 12.3 Å². The molecule has 2 heterocycles. The van der Waals surface area contributed by atoms with Crippen LogP contribution in [0.2, 0.25) is 0 Å². The summed E-state index contributed by atoms with van der Waals surface area (Å²) in [5, 5.41) is 18.1. The van der Waals surface area contributed by atoms with E-state index in [-0.39, 0.29) is 5.91 Å². The predicted molar refractivity (Wildman–Crippen MR) is 99.9 cm³/mol. The third-order valence-corrected chi connectivity index (χ3v) is 5.09. The fourth-order valence-corrected chi connectivity index (χ4v) is 3.50. The molecule has 0 saturated carbocycles. The summed E-state index contributed by atoms with van der Waals surface area (Å²) in [4.78, 5) is 14.8. The highest BCUT2D eigenvalue weighted by Gasteiger charge is 2.27. The van der Waals surface area contributed by atoms with Crippen molar-refractivity contribution in [3.05, 3.63) is 47.5 Å². The Hall–Kier alpha value is -2.21. The highest BCUT2D eigenvalue weighted by Crippen LogP contribution is 2.27. The maximum atomic E-state index is 12.9. The molecule has 0 bridgehead atoms. The van der Waals surface area contributed by atoms with E-state index in [9.17, 15) is 9.90 Å². The normalized spacial score (nSPS) is 16.1. The monoisotopic (exact) mass is 356 g/mol. The second-order valence-electron chi connectivity index (χ2n) is 7.88. The Labute approximate surface area is 154 Å². The number of nitrogens with zero attached hydrogens (tertiary/aromatic N) is 4. The Balaban J connectivity index is 1.61. The van der Waals surface area contributed by atoms with Gasteiger partial charge < -0.3 is 14.6 Å². The van der Waals surface area contributed by atoms with Crippen molar-refractivity contribution < 1.29 is 9.90 Å². The molecular weight excluding hydrogens is 328 g/mol. The topological polar surface area (TPSA) is 71.2 Å². The number of hydrogen-bond donors (Lipinski definition) is 1. The summed E-state index contributed by atoms with van der Waals surface area (Å²) in [5.41, 5.74) is 1.13. The number of carbonyl (C=O) groups excluding carboxylic acids is 1. The van der Waals surface area contributed by atoms with Crippen LogP contribution in [-0.2, 0) is 13.5 Å². The Morgan fingerprint density at radius 3 is 2.65 bits per heavy atom. The zero-order valence-corrected chi connectivity index (χ0v) is 15.9. The molecular formula is C20H28N4O2. The Kier molecular flexibility index (Phi) is 5.41. The van der Waals surface area contributed by atoms with Crippen molar-refractivity contribution in [1.82, 2.24) is 19.7 Å². The van der Waals surface area contributed by atoms with E-state index >= 15 is 0 Å². The van der Waals surface area contributed by atoms with Gasteiger partial charge in [-0.1, -0.05) is 12.1 Å². The Morgan fingerprint density at radius 1 is 1.31 bits per heavy atom. The van der Waals surface area contributed by atoms with Gasteiger partial charge in [0.1, 0.15) is 12.2 Å². The minimum atomic E-state index is -0.693. The van der Waals surface area contributed by atoms with Crippen molar-refractivity contribution >= 4 is 5.91 Å². The first-order valence-corrected chi connectivity index (χ1v) is 9.28. The first kappa shape index (κ1) is 18.6. The van der Waals surface area contributed by atoms with E-state index in [1.54, 1.807) is 6.33 Å². The summed E-state index contributed by atoms with van der Waals surface area (Å²) in [6.45, 7) is 5.10. The number of rotatable bonds is 5. The molecule has 2 aromatic rings. The lowest BCUT2D eigenvalue weighted by Gasteiger charge is -2.31. The Bertz CT molecular complexity index is 755. The zero-order valence-electron chi connectivity index (χ0n) is 15.9. The van der Waals surface area contributed by atoms with E-state index in [2.05, 4.69) is 10.2 Å². The van der Waals surface area contributed by atoms with Gasteiger partial charge in [0.25, 0.3) is 5.91 Å². The first-order chi connectivity index (χ1) is 12.3. The number of benzene rings is 1. The third kappa shape index (κ3) is 4.49. The number of aliphatic hydroxyl groups is 1. The molecule has 1 aromatic heterocycles. The number of amides is 1. The molecule has 1 saturated heterocycles. The zero-order chi connectivity index (χ0) is 18.7. The third-order valence-electron chi connectivity index (χ3n) is 5.09. The number of piperidine rings is 1. The van der Waals surface area contributed by atoms with Gasteiger partial charge in [0.2, 0.25) is 0 Å². The minimum Gasteiger partial charge on any atom is -0.390 e. The van der Waals surface area contributed by atoms with Gasteiger partial charge in [-0.05, 0) is 57.2 Å². The molecule has 26 heavy (non-hydrogen) atoms. The van der Waals surface area contributed by atoms with Crippen molar-refractivity contribution in [3.63, 3.8) is 0 Å². The molecule has 1 aliphatic heterocycles. The standard InChI is InChI=1S/C20H28N4O2/c1-20(2,26)10-7-15-5-4-6-17(13-15)19(25)24-11-8-16(9-12-24)18-22-21-14-23(18)3/h4-6,13-14,16,26H,7-12H2,1-3H3. The Morgan fingerprint density at radius 2 is 2.04 bits per heavy atom. The van der Waals surface area contributed by atoms with E-state index < -0.39 is 5.60 Å². The van der Waals surface area contributed by atoms with Crippen LogP contribution in [0, 0.1) is 0 Å². The molecule has 0 spiro atoms. The quantitative estimate of drug-likeness (QED) is 0.894. The highest BCUT2D eigenvalue weighted by molar-refractivity contribution is 5.94. The van der Waals surface area contributed by atoms with Crippen molar-refractivity contribution in [2.75, 3.05) is 13.1 Å². The molecule has 1 aliphatic rings. The van der Waals surface area contributed by atoms with Crippen LogP contribution in [0.4, 0.5) is 0 Å². The van der Waals surface area contributed by atoms with Gasteiger partial charge in [-0.25, -0.2) is 0 Å². The summed E-state index contributed by atoms with van der Waals surface area (Å²) in [7, 11) is 1.96. The molecule has 3 rings (SSSR count). The van der Waals surface area contributed by atoms with E-state index in [1.807, 2.05) is 54.6 Å². The average molecular weight is 356 g/mol. The van der Waals surface area contributed by atoms with E-state index in [1.165, 1.54) is 0 Å². The summed E-state index contributed by atoms with van der Waals surface area (Å²) < 4.78 is 1.97. The lowest BCUT2D eigenvalue weighted by Crippen LogP contribution is -2.38. The summed E-state index contributed by atoms with van der Waals surface area (Å²) in [5.74, 6) is 1.46. The van der Waals surface area contributed by atoms with Gasteiger partial charge in [0.15, 0.2) is 0 Å². The number of likely N-dealkylation sites (tertiary alicyclic amines) is 1. The van der Waals surface area contributed by atoms with Crippen LogP contribution < -0.4 is 0 Å². The van der Waals surface area contributed by atoms with Crippen LogP contribution in [0.25, 0.3) is 0 Å². The number of carbonyl (C=O) groups is 1. The fourth-order valence-electron chi connectivity index (χ4n) is 3.50. The largest absolute Gasteiger partial charge is 0.390 e. The van der Waals surface area contributed by atoms with Gasteiger partial charge in [-0.3, -0.25) is 4.79 Å². The van der Waals surface area contributed by atoms with Crippen molar-refractivity contribution in [1.29, 1.82) is 0 Å². The van der Waals surface area contributed by atoms with Crippen LogP contribution >= 0.6 is 0 Å². The van der Waals surface area contributed by atoms with Gasteiger partial charge in [-0.2, -0.15) is 0 Å². The molecule has 1 N–H and O–H groups in total. The molecule has 1 fully saturated rings. The van der Waals surface area contributed by atoms with E-state index in [0.717, 1.165) is 49.3 Å². The molecule has 0 radical (unpaired) electrons. The molecule has 0 aliphatic carbocycles. The second-order valence-corrected chi connectivity index (χ2v) is 7.88. The van der Waals surface area contributed by atoms with Crippen LogP contribution in [-0.4, -0.2) is 49.4 Å². The number of aryl methyl sites for hydroxylation is 2. The van der Waals surface area contributed by atoms with Crippen LogP contribution in [0.5, 0.6) is 0 Å². The maximum absolute atomic E-state index is 12.9. The minimum absolute atomic E-state index is 0.0894.